The summed E-state index contributed by atoms with van der Waals surface area (Å²) in [6.07, 6.45) is 4.52. The van der Waals surface area contributed by atoms with Gasteiger partial charge in [0.15, 0.2) is 0 Å². The van der Waals surface area contributed by atoms with Crippen LogP contribution in [0.3, 0.4) is 0 Å². The summed E-state index contributed by atoms with van der Waals surface area (Å²) in [5, 5.41) is 10.8. The molecule has 0 aliphatic heterocycles. The number of aryl methyl sites for hydroxylation is 1. The molecule has 3 N–H and O–H groups in total. The zero-order chi connectivity index (χ0) is 15.1. The number of nitrogens with one attached hydrogen (secondary N) is 3. The van der Waals surface area contributed by atoms with E-state index in [2.05, 4.69) is 32.7 Å². The third-order valence-corrected chi connectivity index (χ3v) is 2.88. The van der Waals surface area contributed by atoms with Crippen LogP contribution in [-0.2, 0) is 16.0 Å². The molecule has 0 aliphatic rings. The van der Waals surface area contributed by atoms with Crippen molar-refractivity contribution in [2.75, 3.05) is 10.6 Å². The van der Waals surface area contributed by atoms with Gasteiger partial charge in [0.05, 0.1) is 0 Å². The lowest BCUT2D eigenvalue weighted by Crippen LogP contribution is -2.29. The fourth-order valence-electron chi connectivity index (χ4n) is 1.75. The van der Waals surface area contributed by atoms with Crippen LogP contribution in [0.1, 0.15) is 25.3 Å². The Hall–Kier alpha value is -2.70. The average Bonchev–Trinajstić information content (AvgIpc) is 2.99. The number of carbonyl (C=O) groups is 2. The van der Waals surface area contributed by atoms with Crippen LogP contribution >= 0.6 is 0 Å². The Morgan fingerprint density at radius 1 is 1.14 bits per heavy atom. The van der Waals surface area contributed by atoms with Gasteiger partial charge in [-0.05, 0) is 30.5 Å². The number of rotatable bonds is 5. The molecule has 2 amide bonds. The van der Waals surface area contributed by atoms with E-state index in [0.29, 0.717) is 5.69 Å². The van der Waals surface area contributed by atoms with Crippen molar-refractivity contribution in [3.8, 4) is 0 Å². The molecule has 0 spiro atoms. The standard InChI is InChI=1S/C14H17N5O2/c1-2-3-4-10-5-7-11(8-6-10)17-12(20)13(21)18-14-15-9-16-19-14/h5-9H,2-4H2,1H3,(H,17,20)(H2,15,16,18,19,21). The maximum atomic E-state index is 11.7. The summed E-state index contributed by atoms with van der Waals surface area (Å²) in [5.74, 6) is -1.43. The number of anilines is 2. The van der Waals surface area contributed by atoms with E-state index in [9.17, 15) is 9.59 Å². The van der Waals surface area contributed by atoms with Crippen LogP contribution in [0.4, 0.5) is 11.6 Å². The minimum Gasteiger partial charge on any atom is -0.318 e. The Morgan fingerprint density at radius 2 is 1.86 bits per heavy atom. The van der Waals surface area contributed by atoms with Crippen LogP contribution in [0.15, 0.2) is 30.6 Å². The highest BCUT2D eigenvalue weighted by molar-refractivity contribution is 6.43. The molecule has 21 heavy (non-hydrogen) atoms. The molecule has 1 aromatic heterocycles. The molecule has 0 saturated carbocycles. The number of unbranched alkanes of at least 4 members (excludes halogenated alkanes) is 1. The van der Waals surface area contributed by atoms with E-state index in [1.165, 1.54) is 11.9 Å². The minimum atomic E-state index is -0.804. The fraction of sp³-hybridized carbons (Fsp3) is 0.286. The second kappa shape index (κ2) is 7.18. The number of hydrogen-bond donors (Lipinski definition) is 3. The van der Waals surface area contributed by atoms with Gasteiger partial charge >= 0.3 is 11.8 Å². The van der Waals surface area contributed by atoms with Crippen LogP contribution in [-0.4, -0.2) is 27.0 Å². The van der Waals surface area contributed by atoms with Gasteiger partial charge in [0, 0.05) is 5.69 Å². The number of carbonyl (C=O) groups excluding carboxylic acids is 2. The lowest BCUT2D eigenvalue weighted by atomic mass is 10.1. The SMILES string of the molecule is CCCCc1ccc(NC(=O)C(=O)Nc2ncn[nH]2)cc1. The first-order valence-electron chi connectivity index (χ1n) is 6.75. The largest absolute Gasteiger partial charge is 0.318 e. The molecule has 110 valence electrons. The second-order valence-corrected chi connectivity index (χ2v) is 4.54. The lowest BCUT2D eigenvalue weighted by Gasteiger charge is -2.06. The quantitative estimate of drug-likeness (QED) is 0.729. The topological polar surface area (TPSA) is 99.8 Å². The molecule has 1 aromatic carbocycles. The summed E-state index contributed by atoms with van der Waals surface area (Å²) in [5.41, 5.74) is 1.79. The molecule has 7 heteroatoms. The minimum absolute atomic E-state index is 0.130. The van der Waals surface area contributed by atoms with E-state index in [-0.39, 0.29) is 5.95 Å². The van der Waals surface area contributed by atoms with E-state index in [0.717, 1.165) is 19.3 Å². The van der Waals surface area contributed by atoms with Gasteiger partial charge in [-0.15, -0.1) is 0 Å². The van der Waals surface area contributed by atoms with E-state index in [1.807, 2.05) is 12.1 Å². The van der Waals surface area contributed by atoms with Crippen molar-refractivity contribution in [2.45, 2.75) is 26.2 Å². The van der Waals surface area contributed by atoms with Gasteiger partial charge in [0.25, 0.3) is 0 Å². The first-order valence-corrected chi connectivity index (χ1v) is 6.75. The molecule has 0 saturated heterocycles. The fourth-order valence-corrected chi connectivity index (χ4v) is 1.75. The van der Waals surface area contributed by atoms with Crippen LogP contribution in [0, 0.1) is 0 Å². The van der Waals surface area contributed by atoms with Crippen LogP contribution in [0.5, 0.6) is 0 Å². The summed E-state index contributed by atoms with van der Waals surface area (Å²) in [4.78, 5) is 27.0. The maximum absolute atomic E-state index is 11.7. The van der Waals surface area contributed by atoms with Gasteiger partial charge in [-0.1, -0.05) is 25.5 Å². The molecular weight excluding hydrogens is 270 g/mol. The number of nitrogens with zero attached hydrogens (tertiary/aromatic N) is 2. The van der Waals surface area contributed by atoms with Crippen molar-refractivity contribution in [2.24, 2.45) is 0 Å². The van der Waals surface area contributed by atoms with E-state index < -0.39 is 11.8 Å². The van der Waals surface area contributed by atoms with E-state index in [4.69, 9.17) is 0 Å². The Labute approximate surface area is 122 Å². The zero-order valence-corrected chi connectivity index (χ0v) is 11.7. The summed E-state index contributed by atoms with van der Waals surface area (Å²) in [6.45, 7) is 2.14. The van der Waals surface area contributed by atoms with E-state index in [1.54, 1.807) is 12.1 Å². The molecule has 0 fully saturated rings. The van der Waals surface area contributed by atoms with Crippen molar-refractivity contribution in [1.82, 2.24) is 15.2 Å². The van der Waals surface area contributed by atoms with Crippen LogP contribution in [0.25, 0.3) is 0 Å². The molecule has 0 atom stereocenters. The molecule has 0 radical (unpaired) electrons. The second-order valence-electron chi connectivity index (χ2n) is 4.54. The van der Waals surface area contributed by atoms with Gasteiger partial charge in [0.2, 0.25) is 5.95 Å². The van der Waals surface area contributed by atoms with Crippen molar-refractivity contribution in [1.29, 1.82) is 0 Å². The summed E-state index contributed by atoms with van der Waals surface area (Å²) in [7, 11) is 0. The Morgan fingerprint density at radius 3 is 2.48 bits per heavy atom. The first-order chi connectivity index (χ1) is 10.2. The Kier molecular flexibility index (Phi) is 5.03. The zero-order valence-electron chi connectivity index (χ0n) is 11.7. The summed E-state index contributed by atoms with van der Waals surface area (Å²) >= 11 is 0. The number of aromatic amines is 1. The lowest BCUT2D eigenvalue weighted by molar-refractivity contribution is -0.133. The number of amides is 2. The highest BCUT2D eigenvalue weighted by Gasteiger charge is 2.14. The predicted octanol–water partition coefficient (Wildman–Crippen LogP) is 1.72. The highest BCUT2D eigenvalue weighted by atomic mass is 16.2. The molecule has 0 aliphatic carbocycles. The van der Waals surface area contributed by atoms with Crippen molar-refractivity contribution < 1.29 is 9.59 Å². The van der Waals surface area contributed by atoms with Gasteiger partial charge in [-0.2, -0.15) is 10.1 Å². The number of benzene rings is 1. The molecule has 2 rings (SSSR count). The molecule has 7 nitrogen and oxygen atoms in total. The monoisotopic (exact) mass is 287 g/mol. The Bertz CT molecular complexity index is 592. The molecule has 1 heterocycles. The Balaban J connectivity index is 1.88. The predicted molar refractivity (Wildman–Crippen MR) is 78.7 cm³/mol. The van der Waals surface area contributed by atoms with Gasteiger partial charge in [-0.25, -0.2) is 5.10 Å². The van der Waals surface area contributed by atoms with Crippen molar-refractivity contribution in [3.63, 3.8) is 0 Å². The normalized spacial score (nSPS) is 10.1. The van der Waals surface area contributed by atoms with Gasteiger partial charge < -0.3 is 5.32 Å². The van der Waals surface area contributed by atoms with Crippen molar-refractivity contribution >= 4 is 23.5 Å². The maximum Gasteiger partial charge on any atom is 0.316 e. The van der Waals surface area contributed by atoms with Crippen LogP contribution < -0.4 is 10.6 Å². The number of hydrogen-bond acceptors (Lipinski definition) is 4. The summed E-state index contributed by atoms with van der Waals surface area (Å²) < 4.78 is 0. The molecule has 2 aromatic rings. The third kappa shape index (κ3) is 4.41. The van der Waals surface area contributed by atoms with Crippen LogP contribution in [0.2, 0.25) is 0 Å². The molecule has 0 bridgehead atoms. The number of H-pyrrole nitrogens is 1. The van der Waals surface area contributed by atoms with Gasteiger partial charge in [0.1, 0.15) is 6.33 Å². The highest BCUT2D eigenvalue weighted by Crippen LogP contribution is 2.11. The molecular formula is C14H17N5O2. The van der Waals surface area contributed by atoms with E-state index >= 15 is 0 Å². The van der Waals surface area contributed by atoms with Crippen molar-refractivity contribution in [3.05, 3.63) is 36.2 Å². The number of aromatic nitrogens is 3. The molecule has 0 unspecified atom stereocenters. The third-order valence-electron chi connectivity index (χ3n) is 2.88. The summed E-state index contributed by atoms with van der Waals surface area (Å²) in [6, 6.07) is 7.45. The first kappa shape index (κ1) is 14.7. The average molecular weight is 287 g/mol. The smallest absolute Gasteiger partial charge is 0.316 e. The van der Waals surface area contributed by atoms with Gasteiger partial charge in [-0.3, -0.25) is 14.9 Å².